The Kier molecular flexibility index (Phi) is 3.37. The fourth-order valence-electron chi connectivity index (χ4n) is 2.36. The molecule has 2 heterocycles. The largest absolute Gasteiger partial charge is 0.372 e. The predicted octanol–water partition coefficient (Wildman–Crippen LogP) is 4.46. The molecule has 1 aromatic carbocycles. The fraction of sp³-hybridized carbons (Fsp3) is 0.250. The van der Waals surface area contributed by atoms with E-state index < -0.39 is 0 Å². The Morgan fingerprint density at radius 2 is 1.90 bits per heavy atom. The smallest absolute Gasteiger partial charge is 0.166 e. The van der Waals surface area contributed by atoms with Crippen molar-refractivity contribution in [3.05, 3.63) is 40.0 Å². The topological polar surface area (TPSA) is 37.8 Å². The molecule has 108 valence electrons. The molecule has 3 nitrogen and oxygen atoms in total. The molecule has 1 N–H and O–H groups in total. The van der Waals surface area contributed by atoms with Crippen molar-refractivity contribution in [3.63, 3.8) is 0 Å². The van der Waals surface area contributed by atoms with Gasteiger partial charge in [-0.15, -0.1) is 11.3 Å². The number of aryl methyl sites for hydroxylation is 3. The summed E-state index contributed by atoms with van der Waals surface area (Å²) in [5.74, 6) is 0.874. The molecule has 0 saturated heterocycles. The van der Waals surface area contributed by atoms with Gasteiger partial charge in [-0.1, -0.05) is 11.6 Å². The van der Waals surface area contributed by atoms with Crippen LogP contribution in [-0.4, -0.2) is 17.0 Å². The van der Waals surface area contributed by atoms with Gasteiger partial charge in [0.25, 0.3) is 0 Å². The zero-order valence-electron chi connectivity index (χ0n) is 12.4. The summed E-state index contributed by atoms with van der Waals surface area (Å²) < 4.78 is 14.1. The van der Waals surface area contributed by atoms with E-state index in [0.717, 1.165) is 21.6 Å². The molecule has 0 atom stereocenters. The van der Waals surface area contributed by atoms with E-state index in [1.807, 2.05) is 14.0 Å². The highest BCUT2D eigenvalue weighted by atomic mass is 32.1. The molecule has 0 spiro atoms. The average molecular weight is 301 g/mol. The molecule has 2 aromatic heterocycles. The molecule has 0 aliphatic heterocycles. The third-order valence-electron chi connectivity index (χ3n) is 3.63. The Bertz CT molecular complexity index is 839. The van der Waals surface area contributed by atoms with Gasteiger partial charge in [-0.3, -0.25) is 0 Å². The lowest BCUT2D eigenvalue weighted by molar-refractivity contribution is 0.629. The molecule has 0 bridgehead atoms. The van der Waals surface area contributed by atoms with Crippen molar-refractivity contribution in [3.8, 4) is 11.4 Å². The summed E-state index contributed by atoms with van der Waals surface area (Å²) in [6, 6.07) is 4.99. The number of rotatable bonds is 2. The number of nitrogens with one attached hydrogen (secondary N) is 1. The van der Waals surface area contributed by atoms with Crippen molar-refractivity contribution in [2.24, 2.45) is 0 Å². The van der Waals surface area contributed by atoms with Crippen molar-refractivity contribution >= 4 is 27.4 Å². The van der Waals surface area contributed by atoms with Crippen molar-refractivity contribution < 1.29 is 4.39 Å². The number of anilines is 1. The molecular formula is C16H16FN3S. The minimum absolute atomic E-state index is 0.299. The number of halogens is 1. The first-order valence-electron chi connectivity index (χ1n) is 6.73. The van der Waals surface area contributed by atoms with Crippen LogP contribution in [0.4, 0.5) is 10.2 Å². The van der Waals surface area contributed by atoms with E-state index in [1.54, 1.807) is 23.5 Å². The highest BCUT2D eigenvalue weighted by molar-refractivity contribution is 7.18. The van der Waals surface area contributed by atoms with Gasteiger partial charge in [0.1, 0.15) is 16.5 Å². The second-order valence-electron chi connectivity index (χ2n) is 5.09. The molecule has 0 fully saturated rings. The van der Waals surface area contributed by atoms with E-state index in [1.165, 1.54) is 16.5 Å². The van der Waals surface area contributed by atoms with Gasteiger partial charge in [-0.2, -0.15) is 0 Å². The van der Waals surface area contributed by atoms with E-state index in [2.05, 4.69) is 29.1 Å². The van der Waals surface area contributed by atoms with Crippen LogP contribution in [0, 0.1) is 26.6 Å². The van der Waals surface area contributed by atoms with Crippen LogP contribution >= 0.6 is 11.3 Å². The zero-order chi connectivity index (χ0) is 15.1. The first kappa shape index (κ1) is 13.9. The molecule has 3 aromatic rings. The van der Waals surface area contributed by atoms with Crippen LogP contribution in [0.15, 0.2) is 18.2 Å². The summed E-state index contributed by atoms with van der Waals surface area (Å²) in [6.07, 6.45) is 0. The molecule has 0 saturated carbocycles. The third kappa shape index (κ3) is 2.27. The van der Waals surface area contributed by atoms with Crippen molar-refractivity contribution in [2.75, 3.05) is 12.4 Å². The number of aromatic nitrogens is 2. The van der Waals surface area contributed by atoms with Crippen LogP contribution in [0.5, 0.6) is 0 Å². The Labute approximate surface area is 126 Å². The van der Waals surface area contributed by atoms with Crippen LogP contribution < -0.4 is 5.32 Å². The van der Waals surface area contributed by atoms with E-state index in [0.29, 0.717) is 11.4 Å². The number of hydrogen-bond donors (Lipinski definition) is 1. The molecular weight excluding hydrogens is 285 g/mol. The quantitative estimate of drug-likeness (QED) is 0.759. The highest BCUT2D eigenvalue weighted by Crippen LogP contribution is 2.35. The number of fused-ring (bicyclic) bond motifs is 1. The maximum Gasteiger partial charge on any atom is 0.166 e. The van der Waals surface area contributed by atoms with Gasteiger partial charge in [-0.05, 0) is 38.5 Å². The van der Waals surface area contributed by atoms with Gasteiger partial charge in [-0.25, -0.2) is 14.4 Å². The molecule has 3 rings (SSSR count). The van der Waals surface area contributed by atoms with E-state index in [-0.39, 0.29) is 5.82 Å². The maximum absolute atomic E-state index is 14.1. The van der Waals surface area contributed by atoms with Gasteiger partial charge in [0, 0.05) is 11.9 Å². The minimum Gasteiger partial charge on any atom is -0.372 e. The average Bonchev–Trinajstić information content (AvgIpc) is 2.76. The lowest BCUT2D eigenvalue weighted by atomic mass is 10.1. The van der Waals surface area contributed by atoms with Gasteiger partial charge in [0.15, 0.2) is 5.82 Å². The second kappa shape index (κ2) is 5.07. The summed E-state index contributed by atoms with van der Waals surface area (Å²) in [5.41, 5.74) is 2.60. The minimum atomic E-state index is -0.299. The lowest BCUT2D eigenvalue weighted by Crippen LogP contribution is -1.99. The Hall–Kier alpha value is -2.01. The normalized spacial score (nSPS) is 11.1. The monoisotopic (exact) mass is 301 g/mol. The standard InChI is InChI=1S/C16H16FN3S/c1-8-5-6-12(17)11(7-8)14-19-15(18-4)13-9(2)10(3)21-16(13)20-14/h5-7H,1-4H3,(H,18,19,20). The van der Waals surface area contributed by atoms with E-state index in [4.69, 9.17) is 0 Å². The molecule has 0 unspecified atom stereocenters. The third-order valence-corrected chi connectivity index (χ3v) is 4.73. The van der Waals surface area contributed by atoms with Crippen LogP contribution in [0.1, 0.15) is 16.0 Å². The van der Waals surface area contributed by atoms with Gasteiger partial charge >= 0.3 is 0 Å². The lowest BCUT2D eigenvalue weighted by Gasteiger charge is -2.08. The summed E-state index contributed by atoms with van der Waals surface area (Å²) >= 11 is 1.61. The van der Waals surface area contributed by atoms with Crippen LogP contribution in [-0.2, 0) is 0 Å². The number of hydrogen-bond acceptors (Lipinski definition) is 4. The summed E-state index contributed by atoms with van der Waals surface area (Å²) in [4.78, 5) is 11.2. The molecule has 0 aliphatic rings. The Morgan fingerprint density at radius 3 is 2.62 bits per heavy atom. The van der Waals surface area contributed by atoms with E-state index in [9.17, 15) is 4.39 Å². The number of thiophene rings is 1. The summed E-state index contributed by atoms with van der Waals surface area (Å²) in [5, 5.41) is 4.13. The van der Waals surface area contributed by atoms with Crippen molar-refractivity contribution in [2.45, 2.75) is 20.8 Å². The zero-order valence-corrected chi connectivity index (χ0v) is 13.2. The maximum atomic E-state index is 14.1. The van der Waals surface area contributed by atoms with Crippen molar-refractivity contribution in [1.29, 1.82) is 0 Å². The first-order valence-corrected chi connectivity index (χ1v) is 7.55. The summed E-state index contributed by atoms with van der Waals surface area (Å²) in [7, 11) is 1.82. The fourth-order valence-corrected chi connectivity index (χ4v) is 3.39. The van der Waals surface area contributed by atoms with Gasteiger partial charge < -0.3 is 5.32 Å². The van der Waals surface area contributed by atoms with Crippen molar-refractivity contribution in [1.82, 2.24) is 9.97 Å². The second-order valence-corrected chi connectivity index (χ2v) is 6.30. The van der Waals surface area contributed by atoms with Crippen LogP contribution in [0.25, 0.3) is 21.6 Å². The molecule has 0 radical (unpaired) electrons. The highest BCUT2D eigenvalue weighted by Gasteiger charge is 2.16. The number of benzene rings is 1. The molecule has 0 aliphatic carbocycles. The SMILES string of the molecule is CNc1nc(-c2cc(C)ccc2F)nc2sc(C)c(C)c12. The first-order chi connectivity index (χ1) is 10.0. The molecule has 0 amide bonds. The Balaban J connectivity index is 2.32. The summed E-state index contributed by atoms with van der Waals surface area (Å²) in [6.45, 7) is 6.05. The van der Waals surface area contributed by atoms with E-state index >= 15 is 0 Å². The predicted molar refractivity (Wildman–Crippen MR) is 86.6 cm³/mol. The molecule has 21 heavy (non-hydrogen) atoms. The van der Waals surface area contributed by atoms with Crippen LogP contribution in [0.3, 0.4) is 0 Å². The van der Waals surface area contributed by atoms with Crippen LogP contribution in [0.2, 0.25) is 0 Å². The van der Waals surface area contributed by atoms with Gasteiger partial charge in [0.2, 0.25) is 0 Å². The molecule has 5 heteroatoms. The Morgan fingerprint density at radius 1 is 1.14 bits per heavy atom. The van der Waals surface area contributed by atoms with Gasteiger partial charge in [0.05, 0.1) is 10.9 Å². The number of nitrogens with zero attached hydrogens (tertiary/aromatic N) is 2.